The van der Waals surface area contributed by atoms with Crippen molar-refractivity contribution in [2.45, 2.75) is 72.6 Å². The molecule has 2 unspecified atom stereocenters. The molecule has 0 saturated heterocycles. The summed E-state index contributed by atoms with van der Waals surface area (Å²) in [5, 5.41) is 0. The highest BCUT2D eigenvalue weighted by atomic mass is 16.5. The Kier molecular flexibility index (Phi) is 6.66. The second kappa shape index (κ2) is 9.15. The first kappa shape index (κ1) is 23.3. The van der Waals surface area contributed by atoms with Crippen molar-refractivity contribution in [2.75, 3.05) is 6.61 Å². The normalized spacial score (nSPS) is 39.8. The van der Waals surface area contributed by atoms with Gasteiger partial charge in [-0.05, 0) is 91.2 Å². The van der Waals surface area contributed by atoms with Gasteiger partial charge < -0.3 is 4.74 Å². The van der Waals surface area contributed by atoms with Crippen molar-refractivity contribution in [1.29, 1.82) is 0 Å². The molecule has 1 aromatic heterocycles. The van der Waals surface area contributed by atoms with Crippen molar-refractivity contribution in [3.05, 3.63) is 48.3 Å². The third-order valence-corrected chi connectivity index (χ3v) is 9.58. The molecule has 0 bridgehead atoms. The number of carbonyl (C=O) groups excluding carboxylic acids is 1. The lowest BCUT2D eigenvalue weighted by Gasteiger charge is -2.56. The number of fused-ring (bicyclic) bond motifs is 1. The van der Waals surface area contributed by atoms with Crippen molar-refractivity contribution in [3.8, 4) is 0 Å². The van der Waals surface area contributed by atoms with Crippen LogP contribution in [0.3, 0.4) is 0 Å². The summed E-state index contributed by atoms with van der Waals surface area (Å²) in [5.41, 5.74) is 2.88. The highest BCUT2D eigenvalue weighted by Gasteiger charge is 2.56. The minimum absolute atomic E-state index is 0.151. The quantitative estimate of drug-likeness (QED) is 0.366. The maximum atomic E-state index is 11.8. The van der Waals surface area contributed by atoms with E-state index in [1.165, 1.54) is 44.1 Å². The third-order valence-electron chi connectivity index (χ3n) is 9.58. The summed E-state index contributed by atoms with van der Waals surface area (Å²) >= 11 is 0. The van der Waals surface area contributed by atoms with Gasteiger partial charge in [0.1, 0.15) is 0 Å². The van der Waals surface area contributed by atoms with Crippen molar-refractivity contribution in [2.24, 2.45) is 40.4 Å². The number of aromatic nitrogens is 1. The van der Waals surface area contributed by atoms with Crippen LogP contribution in [0.2, 0.25) is 0 Å². The molecule has 3 heteroatoms. The fourth-order valence-electron chi connectivity index (χ4n) is 7.47. The van der Waals surface area contributed by atoms with Crippen LogP contribution < -0.4 is 0 Å². The maximum absolute atomic E-state index is 11.8. The van der Waals surface area contributed by atoms with Crippen LogP contribution in [0.4, 0.5) is 0 Å². The van der Waals surface area contributed by atoms with Gasteiger partial charge in [0.15, 0.2) is 0 Å². The van der Waals surface area contributed by atoms with Crippen LogP contribution in [0.15, 0.2) is 42.6 Å². The maximum Gasteiger partial charge on any atom is 0.302 e. The summed E-state index contributed by atoms with van der Waals surface area (Å²) in [4.78, 5) is 16.3. The number of hydrogen-bond acceptors (Lipinski definition) is 3. The molecule has 1 heterocycles. The minimum atomic E-state index is -0.151. The summed E-state index contributed by atoms with van der Waals surface area (Å²) in [5.74, 6) is 2.67. The van der Waals surface area contributed by atoms with Gasteiger partial charge in [-0.15, -0.1) is 0 Å². The van der Waals surface area contributed by atoms with E-state index in [1.54, 1.807) is 6.92 Å². The molecule has 32 heavy (non-hydrogen) atoms. The molecule has 3 fully saturated rings. The molecular formula is C29H41NO2. The molecule has 0 aromatic carbocycles. The zero-order valence-electron chi connectivity index (χ0n) is 20.5. The lowest BCUT2D eigenvalue weighted by atomic mass is 9.49. The average molecular weight is 436 g/mol. The summed E-state index contributed by atoms with van der Waals surface area (Å²) in [7, 11) is 0. The molecule has 4 rings (SSSR count). The second-order valence-corrected chi connectivity index (χ2v) is 11.4. The number of hydrogen-bond donors (Lipinski definition) is 0. The summed E-state index contributed by atoms with van der Waals surface area (Å²) < 4.78 is 5.72. The Bertz CT molecular complexity index is 861. The summed E-state index contributed by atoms with van der Waals surface area (Å²) in [6, 6.07) is 6.11. The largest absolute Gasteiger partial charge is 0.466 e. The van der Waals surface area contributed by atoms with Crippen LogP contribution in [-0.2, 0) is 9.53 Å². The predicted octanol–water partition coefficient (Wildman–Crippen LogP) is 7.10. The molecule has 0 amide bonds. The van der Waals surface area contributed by atoms with Crippen LogP contribution >= 0.6 is 0 Å². The topological polar surface area (TPSA) is 39.2 Å². The Morgan fingerprint density at radius 2 is 2.03 bits per heavy atom. The van der Waals surface area contributed by atoms with Gasteiger partial charge in [-0.2, -0.15) is 0 Å². The fraction of sp³-hybridized carbons (Fsp3) is 0.655. The van der Waals surface area contributed by atoms with E-state index in [0.29, 0.717) is 30.3 Å². The van der Waals surface area contributed by atoms with E-state index in [0.717, 1.165) is 18.0 Å². The summed E-state index contributed by atoms with van der Waals surface area (Å²) in [6.07, 6.45) is 15.1. The molecule has 3 aliphatic carbocycles. The van der Waals surface area contributed by atoms with E-state index in [4.69, 9.17) is 4.74 Å². The zero-order chi connectivity index (χ0) is 22.9. The Morgan fingerprint density at radius 1 is 1.22 bits per heavy atom. The lowest BCUT2D eigenvalue weighted by Crippen LogP contribution is -2.50. The predicted molar refractivity (Wildman–Crippen MR) is 131 cm³/mol. The number of rotatable bonds is 5. The van der Waals surface area contributed by atoms with Crippen LogP contribution in [0.5, 0.6) is 0 Å². The number of pyridine rings is 1. The van der Waals surface area contributed by atoms with E-state index >= 15 is 0 Å². The molecule has 7 atom stereocenters. The first-order valence-corrected chi connectivity index (χ1v) is 12.6. The Hall–Kier alpha value is -1.90. The number of nitrogens with zero attached hydrogens (tertiary/aromatic N) is 1. The van der Waals surface area contributed by atoms with Gasteiger partial charge in [0.25, 0.3) is 0 Å². The monoisotopic (exact) mass is 435 g/mol. The SMILES string of the molecule is C=C1CCC2[C@H](COC(C)=O)C([C@@]3(C)CC[C@H](C)C[C@@H]3/C=C/c3ccccn3)CC[C@]12C. The van der Waals surface area contributed by atoms with E-state index < -0.39 is 0 Å². The van der Waals surface area contributed by atoms with Crippen molar-refractivity contribution in [3.63, 3.8) is 0 Å². The Labute approximate surface area is 194 Å². The number of carbonyl (C=O) groups is 1. The molecule has 3 aliphatic rings. The molecule has 3 saturated carbocycles. The van der Waals surface area contributed by atoms with Crippen LogP contribution in [0, 0.1) is 40.4 Å². The number of esters is 1. The minimum Gasteiger partial charge on any atom is -0.466 e. The van der Waals surface area contributed by atoms with Crippen LogP contribution in [-0.4, -0.2) is 17.6 Å². The molecule has 0 spiro atoms. The standard InChI is InChI=1S/C29H41NO2/c1-20-13-15-29(5,23(18-20)10-11-24-8-6-7-17-30-24)27-14-16-28(4)21(2)9-12-26(28)25(27)19-32-22(3)31/h6-8,10-11,17,20,23,25-27H,2,9,12-16,18-19H2,1,3-5H3/b11-10+/t20-,23-,25-,26?,27?,28+,29-/m0/s1. The summed E-state index contributed by atoms with van der Waals surface area (Å²) in [6.45, 7) is 13.9. The lowest BCUT2D eigenvalue weighted by molar-refractivity contribution is -0.148. The zero-order valence-corrected chi connectivity index (χ0v) is 20.5. The van der Waals surface area contributed by atoms with Gasteiger partial charge in [-0.1, -0.05) is 51.5 Å². The molecule has 0 aliphatic heterocycles. The van der Waals surface area contributed by atoms with E-state index in [-0.39, 0.29) is 16.8 Å². The van der Waals surface area contributed by atoms with Gasteiger partial charge in [0, 0.05) is 19.0 Å². The van der Waals surface area contributed by atoms with Crippen molar-refractivity contribution in [1.82, 2.24) is 4.98 Å². The number of allylic oxidation sites excluding steroid dienone is 2. The molecule has 174 valence electrons. The van der Waals surface area contributed by atoms with Gasteiger partial charge in [-0.3, -0.25) is 9.78 Å². The van der Waals surface area contributed by atoms with Gasteiger partial charge in [0.2, 0.25) is 0 Å². The van der Waals surface area contributed by atoms with Crippen molar-refractivity contribution >= 4 is 12.0 Å². The first-order chi connectivity index (χ1) is 15.2. The smallest absolute Gasteiger partial charge is 0.302 e. The Morgan fingerprint density at radius 3 is 2.75 bits per heavy atom. The molecule has 3 nitrogen and oxygen atoms in total. The second-order valence-electron chi connectivity index (χ2n) is 11.4. The Balaban J connectivity index is 1.65. The molecule has 0 N–H and O–H groups in total. The molecule has 0 radical (unpaired) electrons. The average Bonchev–Trinajstić information content (AvgIpc) is 3.08. The van der Waals surface area contributed by atoms with Crippen LogP contribution in [0.1, 0.15) is 78.3 Å². The van der Waals surface area contributed by atoms with E-state index in [1.807, 2.05) is 12.3 Å². The highest BCUT2D eigenvalue weighted by molar-refractivity contribution is 5.65. The third kappa shape index (κ3) is 4.32. The highest BCUT2D eigenvalue weighted by Crippen LogP contribution is 2.64. The van der Waals surface area contributed by atoms with Gasteiger partial charge >= 0.3 is 5.97 Å². The van der Waals surface area contributed by atoms with E-state index in [2.05, 4.69) is 56.6 Å². The van der Waals surface area contributed by atoms with Crippen LogP contribution in [0.25, 0.3) is 6.08 Å². The molecular weight excluding hydrogens is 394 g/mol. The van der Waals surface area contributed by atoms with Gasteiger partial charge in [-0.25, -0.2) is 0 Å². The first-order valence-electron chi connectivity index (χ1n) is 12.6. The molecule has 1 aromatic rings. The number of ether oxygens (including phenoxy) is 1. The van der Waals surface area contributed by atoms with E-state index in [9.17, 15) is 4.79 Å². The fourth-order valence-corrected chi connectivity index (χ4v) is 7.47. The van der Waals surface area contributed by atoms with Gasteiger partial charge in [0.05, 0.1) is 12.3 Å². The van der Waals surface area contributed by atoms with Crippen molar-refractivity contribution < 1.29 is 9.53 Å².